The predicted molar refractivity (Wildman–Crippen MR) is 120 cm³/mol. The Morgan fingerprint density at radius 2 is 1.50 bits per heavy atom. The number of fused-ring (bicyclic) bond motifs is 1. The van der Waals surface area contributed by atoms with E-state index >= 15 is 0 Å². The number of carbonyl (C=O) groups is 2. The van der Waals surface area contributed by atoms with Crippen LogP contribution in [0.25, 0.3) is 0 Å². The van der Waals surface area contributed by atoms with Gasteiger partial charge in [-0.2, -0.15) is 26.3 Å². The number of benzene rings is 1. The molecule has 2 N–H and O–H groups in total. The largest absolute Gasteiger partial charge is 0.490 e. The first-order valence-electron chi connectivity index (χ1n) is 11.3. The number of hydrogen-bond donors (Lipinski definition) is 2. The summed E-state index contributed by atoms with van der Waals surface area (Å²) in [6, 6.07) is 15.2. The standard InChI is InChI=1S/C20H24N2O2.2C2HF3O2/c1-2-5-16(6-3-1)13-22-14-19(20-18(22)7-4-12-23-20)24-15-17-8-10-21-11-9-17;2*3-2(4,5)1(6)7/h1-3,5-6,8-11,18-20H,4,7,12-15H2;2*(H,6,7)/t18-,19-,20+;;/m1../s1. The molecule has 3 atom stereocenters. The van der Waals surface area contributed by atoms with Crippen LogP contribution in [-0.4, -0.2) is 75.8 Å². The van der Waals surface area contributed by atoms with Crippen molar-refractivity contribution >= 4 is 11.9 Å². The molecule has 14 heteroatoms. The topological polar surface area (TPSA) is 109 Å². The van der Waals surface area contributed by atoms with Crippen molar-refractivity contribution in [2.24, 2.45) is 0 Å². The quantitative estimate of drug-likeness (QED) is 0.529. The zero-order chi connectivity index (χ0) is 28.3. The molecule has 0 unspecified atom stereocenters. The number of pyridine rings is 1. The summed E-state index contributed by atoms with van der Waals surface area (Å²) in [5, 5.41) is 14.2. The normalized spacial score (nSPS) is 21.3. The summed E-state index contributed by atoms with van der Waals surface area (Å²) in [6.45, 7) is 3.39. The number of carboxylic acids is 2. The number of alkyl halides is 6. The first-order valence-corrected chi connectivity index (χ1v) is 11.3. The molecule has 2 saturated heterocycles. The van der Waals surface area contributed by atoms with E-state index in [-0.39, 0.29) is 12.2 Å². The van der Waals surface area contributed by atoms with E-state index in [2.05, 4.69) is 40.2 Å². The summed E-state index contributed by atoms with van der Waals surface area (Å²) in [5.41, 5.74) is 2.52. The van der Waals surface area contributed by atoms with Crippen LogP contribution in [0.5, 0.6) is 0 Å². The first kappa shape index (κ1) is 31.0. The van der Waals surface area contributed by atoms with Gasteiger partial charge in [-0.3, -0.25) is 9.88 Å². The van der Waals surface area contributed by atoms with Gasteiger partial charge in [0.25, 0.3) is 0 Å². The number of aromatic nitrogens is 1. The van der Waals surface area contributed by atoms with E-state index in [1.807, 2.05) is 24.5 Å². The van der Waals surface area contributed by atoms with Gasteiger partial charge in [-0.1, -0.05) is 30.3 Å². The molecule has 0 radical (unpaired) electrons. The third-order valence-electron chi connectivity index (χ3n) is 5.51. The summed E-state index contributed by atoms with van der Waals surface area (Å²) in [6.07, 6.45) is -3.85. The minimum Gasteiger partial charge on any atom is -0.475 e. The molecule has 0 bridgehead atoms. The molecule has 8 nitrogen and oxygen atoms in total. The summed E-state index contributed by atoms with van der Waals surface area (Å²) < 4.78 is 75.8. The van der Waals surface area contributed by atoms with E-state index < -0.39 is 24.3 Å². The van der Waals surface area contributed by atoms with Crippen LogP contribution in [-0.2, 0) is 32.2 Å². The molecular weight excluding hydrogens is 526 g/mol. The maximum absolute atomic E-state index is 10.6. The number of likely N-dealkylation sites (tertiary alicyclic amines) is 1. The van der Waals surface area contributed by atoms with Gasteiger partial charge < -0.3 is 19.7 Å². The lowest BCUT2D eigenvalue weighted by Crippen LogP contribution is -2.41. The Kier molecular flexibility index (Phi) is 11.5. The minimum absolute atomic E-state index is 0.146. The Labute approximate surface area is 213 Å². The number of ether oxygens (including phenoxy) is 2. The SMILES string of the molecule is O=C(O)C(F)(F)F.O=C(O)C(F)(F)F.c1ccc(CN2C[C@@H](OCc3ccncc3)[C@H]3OCCC[C@H]32)cc1. The van der Waals surface area contributed by atoms with Crippen molar-refractivity contribution in [3.05, 3.63) is 66.0 Å². The van der Waals surface area contributed by atoms with Gasteiger partial charge in [0.1, 0.15) is 6.10 Å². The molecule has 1 aromatic heterocycles. The molecule has 0 amide bonds. The Morgan fingerprint density at radius 1 is 0.947 bits per heavy atom. The molecule has 2 aliphatic rings. The van der Waals surface area contributed by atoms with Gasteiger partial charge in [0.15, 0.2) is 0 Å². The van der Waals surface area contributed by atoms with Crippen LogP contribution >= 0.6 is 0 Å². The van der Waals surface area contributed by atoms with Crippen LogP contribution in [0.1, 0.15) is 24.0 Å². The van der Waals surface area contributed by atoms with Gasteiger partial charge >= 0.3 is 24.3 Å². The molecule has 3 heterocycles. The maximum Gasteiger partial charge on any atom is 0.490 e. The van der Waals surface area contributed by atoms with Crippen LogP contribution < -0.4 is 0 Å². The smallest absolute Gasteiger partial charge is 0.475 e. The van der Waals surface area contributed by atoms with Crippen molar-refractivity contribution in [1.29, 1.82) is 0 Å². The second kappa shape index (κ2) is 14.1. The average molecular weight is 552 g/mol. The zero-order valence-corrected chi connectivity index (χ0v) is 19.9. The number of halogens is 6. The molecule has 1 aromatic carbocycles. The lowest BCUT2D eigenvalue weighted by Gasteiger charge is -2.32. The number of carboxylic acid groups (broad SMARTS) is 2. The predicted octanol–water partition coefficient (Wildman–Crippen LogP) is 4.30. The number of aliphatic carboxylic acids is 2. The van der Waals surface area contributed by atoms with Crippen molar-refractivity contribution in [2.75, 3.05) is 13.2 Å². The lowest BCUT2D eigenvalue weighted by molar-refractivity contribution is -0.193. The fourth-order valence-electron chi connectivity index (χ4n) is 3.83. The molecule has 0 saturated carbocycles. The van der Waals surface area contributed by atoms with Gasteiger partial charge in [-0.25, -0.2) is 9.59 Å². The van der Waals surface area contributed by atoms with Crippen molar-refractivity contribution in [3.8, 4) is 0 Å². The molecule has 2 aliphatic heterocycles. The van der Waals surface area contributed by atoms with Crippen molar-refractivity contribution in [3.63, 3.8) is 0 Å². The van der Waals surface area contributed by atoms with Gasteiger partial charge in [0.05, 0.1) is 12.7 Å². The molecule has 0 spiro atoms. The molecule has 210 valence electrons. The Balaban J connectivity index is 0.000000301. The van der Waals surface area contributed by atoms with Gasteiger partial charge in [0.2, 0.25) is 0 Å². The second-order valence-corrected chi connectivity index (χ2v) is 8.27. The summed E-state index contributed by atoms with van der Waals surface area (Å²) in [7, 11) is 0. The zero-order valence-electron chi connectivity index (χ0n) is 19.9. The summed E-state index contributed by atoms with van der Waals surface area (Å²) in [4.78, 5) is 24.4. The highest BCUT2D eigenvalue weighted by molar-refractivity contribution is 5.73. The van der Waals surface area contributed by atoms with E-state index in [1.54, 1.807) is 0 Å². The molecular formula is C24H26F6N2O6. The lowest BCUT2D eigenvalue weighted by atomic mass is 10.0. The van der Waals surface area contributed by atoms with Crippen molar-refractivity contribution < 1.29 is 55.6 Å². The van der Waals surface area contributed by atoms with Gasteiger partial charge in [0, 0.05) is 38.1 Å². The third kappa shape index (κ3) is 10.3. The van der Waals surface area contributed by atoms with Crippen molar-refractivity contribution in [1.82, 2.24) is 9.88 Å². The van der Waals surface area contributed by atoms with Crippen LogP contribution in [0.2, 0.25) is 0 Å². The van der Waals surface area contributed by atoms with Crippen LogP contribution in [0.3, 0.4) is 0 Å². The van der Waals surface area contributed by atoms with Gasteiger partial charge in [-0.05, 0) is 36.1 Å². The van der Waals surface area contributed by atoms with Gasteiger partial charge in [-0.15, -0.1) is 0 Å². The van der Waals surface area contributed by atoms with Crippen molar-refractivity contribution in [2.45, 2.75) is 56.6 Å². The number of nitrogens with zero attached hydrogens (tertiary/aromatic N) is 2. The van der Waals surface area contributed by atoms with Crippen LogP contribution in [0, 0.1) is 0 Å². The fraction of sp³-hybridized carbons (Fsp3) is 0.458. The van der Waals surface area contributed by atoms with Crippen LogP contribution in [0.4, 0.5) is 26.3 Å². The summed E-state index contributed by atoms with van der Waals surface area (Å²) >= 11 is 0. The molecule has 2 fully saturated rings. The molecule has 4 rings (SSSR count). The van der Waals surface area contributed by atoms with E-state index in [9.17, 15) is 26.3 Å². The molecule has 38 heavy (non-hydrogen) atoms. The highest BCUT2D eigenvalue weighted by Crippen LogP contribution is 2.32. The fourth-order valence-corrected chi connectivity index (χ4v) is 3.83. The molecule has 0 aliphatic carbocycles. The summed E-state index contributed by atoms with van der Waals surface area (Å²) in [5.74, 6) is -5.51. The highest BCUT2D eigenvalue weighted by Gasteiger charge is 2.44. The second-order valence-electron chi connectivity index (χ2n) is 8.27. The average Bonchev–Trinajstić information content (AvgIpc) is 3.21. The van der Waals surface area contributed by atoms with E-state index in [0.29, 0.717) is 12.6 Å². The van der Waals surface area contributed by atoms with Crippen LogP contribution in [0.15, 0.2) is 54.9 Å². The molecule has 2 aromatic rings. The van der Waals surface area contributed by atoms with E-state index in [4.69, 9.17) is 29.3 Å². The van der Waals surface area contributed by atoms with E-state index in [1.165, 1.54) is 17.5 Å². The monoisotopic (exact) mass is 552 g/mol. The third-order valence-corrected chi connectivity index (χ3v) is 5.51. The number of rotatable bonds is 5. The number of hydrogen-bond acceptors (Lipinski definition) is 6. The Morgan fingerprint density at radius 3 is 2.03 bits per heavy atom. The Hall–Kier alpha value is -3.23. The Bertz CT molecular complexity index is 983. The highest BCUT2D eigenvalue weighted by atomic mass is 19.4. The minimum atomic E-state index is -5.08. The van der Waals surface area contributed by atoms with E-state index in [0.717, 1.165) is 26.1 Å². The first-order chi connectivity index (χ1) is 17.8. The maximum atomic E-state index is 10.6.